The van der Waals surface area contributed by atoms with Gasteiger partial charge in [-0.05, 0) is 51.2 Å². The highest BCUT2D eigenvalue weighted by molar-refractivity contribution is 7.22. The summed E-state index contributed by atoms with van der Waals surface area (Å²) < 4.78 is 6.46. The summed E-state index contributed by atoms with van der Waals surface area (Å²) in [6.07, 6.45) is 2.11. The van der Waals surface area contributed by atoms with Gasteiger partial charge < -0.3 is 9.64 Å². The third kappa shape index (κ3) is 5.09. The molecule has 0 spiro atoms. The molecule has 28 heavy (non-hydrogen) atoms. The highest BCUT2D eigenvalue weighted by Crippen LogP contribution is 2.34. The van der Waals surface area contributed by atoms with Crippen molar-refractivity contribution < 1.29 is 9.53 Å². The fourth-order valence-electron chi connectivity index (χ4n) is 3.09. The molecule has 0 atom stereocenters. The molecule has 1 aromatic heterocycles. The predicted molar refractivity (Wildman–Crippen MR) is 116 cm³/mol. The Morgan fingerprint density at radius 3 is 2.57 bits per heavy atom. The maximum atomic E-state index is 13.1. The van der Waals surface area contributed by atoms with E-state index in [1.165, 1.54) is 5.56 Å². The van der Waals surface area contributed by atoms with Crippen molar-refractivity contribution in [1.82, 2.24) is 9.88 Å². The minimum absolute atomic E-state index is 0.112. The van der Waals surface area contributed by atoms with Gasteiger partial charge in [-0.3, -0.25) is 9.69 Å². The Bertz CT molecular complexity index is 909. The summed E-state index contributed by atoms with van der Waals surface area (Å²) in [4.78, 5) is 21.8. The van der Waals surface area contributed by atoms with Crippen molar-refractivity contribution in [3.8, 4) is 5.75 Å². The largest absolute Gasteiger partial charge is 0.494 e. The summed E-state index contributed by atoms with van der Waals surface area (Å²) in [6, 6.07) is 16.0. The molecule has 0 unspecified atom stereocenters. The van der Waals surface area contributed by atoms with Crippen LogP contribution >= 0.6 is 11.3 Å². The van der Waals surface area contributed by atoms with Gasteiger partial charge in [0.25, 0.3) is 0 Å². The number of carbonyl (C=O) groups is 1. The fourth-order valence-corrected chi connectivity index (χ4v) is 4.12. The highest BCUT2D eigenvalue weighted by Gasteiger charge is 2.20. The molecule has 0 bridgehead atoms. The van der Waals surface area contributed by atoms with E-state index in [1.54, 1.807) is 18.4 Å². The van der Waals surface area contributed by atoms with E-state index in [9.17, 15) is 4.79 Å². The summed E-state index contributed by atoms with van der Waals surface area (Å²) in [6.45, 7) is 1.59. The Hall–Kier alpha value is -2.44. The highest BCUT2D eigenvalue weighted by atomic mass is 32.1. The fraction of sp³-hybridized carbons (Fsp3) is 0.364. The number of anilines is 1. The van der Waals surface area contributed by atoms with Gasteiger partial charge in [-0.1, -0.05) is 47.7 Å². The number of methoxy groups -OCH3 is 1. The van der Waals surface area contributed by atoms with Crippen molar-refractivity contribution in [2.24, 2.45) is 0 Å². The van der Waals surface area contributed by atoms with Crippen LogP contribution in [0.1, 0.15) is 18.4 Å². The van der Waals surface area contributed by atoms with Crippen molar-refractivity contribution in [3.63, 3.8) is 0 Å². The quantitative estimate of drug-likeness (QED) is 0.542. The first-order valence-corrected chi connectivity index (χ1v) is 10.3. The molecule has 1 amide bonds. The maximum Gasteiger partial charge on any atom is 0.229 e. The molecule has 0 aliphatic carbocycles. The second-order valence-corrected chi connectivity index (χ2v) is 8.00. The Labute approximate surface area is 170 Å². The molecule has 0 radical (unpaired) electrons. The Morgan fingerprint density at radius 1 is 1.07 bits per heavy atom. The van der Waals surface area contributed by atoms with Crippen molar-refractivity contribution >= 4 is 32.6 Å². The lowest BCUT2D eigenvalue weighted by Crippen LogP contribution is -2.33. The van der Waals surface area contributed by atoms with Crippen molar-refractivity contribution in [2.75, 3.05) is 39.2 Å². The molecule has 3 aromatic rings. The first-order valence-electron chi connectivity index (χ1n) is 9.51. The lowest BCUT2D eigenvalue weighted by atomic mass is 10.1. The number of aromatic nitrogens is 1. The number of fused-ring (bicyclic) bond motifs is 1. The molecule has 0 aliphatic rings. The predicted octanol–water partition coefficient (Wildman–Crippen LogP) is 4.22. The molecule has 3 rings (SSSR count). The van der Waals surface area contributed by atoms with Gasteiger partial charge in [0, 0.05) is 13.0 Å². The van der Waals surface area contributed by atoms with Gasteiger partial charge in [0.15, 0.2) is 5.13 Å². The van der Waals surface area contributed by atoms with E-state index in [4.69, 9.17) is 9.72 Å². The molecule has 6 heteroatoms. The zero-order valence-corrected chi connectivity index (χ0v) is 17.5. The number of para-hydroxylation sites is 1. The van der Waals surface area contributed by atoms with E-state index >= 15 is 0 Å². The van der Waals surface area contributed by atoms with Gasteiger partial charge in [0.2, 0.25) is 5.91 Å². The Balaban J connectivity index is 1.80. The van der Waals surface area contributed by atoms with E-state index in [0.29, 0.717) is 13.0 Å². The Morgan fingerprint density at radius 2 is 1.86 bits per heavy atom. The maximum absolute atomic E-state index is 13.1. The number of aryl methyl sites for hydroxylation is 1. The standard InChI is InChI=1S/C22H27N3O2S/c1-24(2)15-8-16-25(20(26)14-13-17-9-5-4-6-10-17)22-23-21-18(27-3)11-7-12-19(21)28-22/h4-7,9-12H,8,13-16H2,1-3H3. The average molecular weight is 398 g/mol. The van der Waals surface area contributed by atoms with Gasteiger partial charge in [-0.15, -0.1) is 0 Å². The van der Waals surface area contributed by atoms with Crippen LogP contribution in [0.4, 0.5) is 5.13 Å². The summed E-state index contributed by atoms with van der Waals surface area (Å²) in [5, 5.41) is 0.747. The third-order valence-corrected chi connectivity index (χ3v) is 5.62. The second-order valence-electron chi connectivity index (χ2n) is 6.99. The number of rotatable bonds is 9. The van der Waals surface area contributed by atoms with Crippen molar-refractivity contribution in [2.45, 2.75) is 19.3 Å². The van der Waals surface area contributed by atoms with Crippen LogP contribution in [0, 0.1) is 0 Å². The molecule has 0 saturated heterocycles. The van der Waals surface area contributed by atoms with Crippen LogP contribution in [0.3, 0.4) is 0 Å². The first kappa shape index (κ1) is 20.3. The van der Waals surface area contributed by atoms with Crippen LogP contribution in [-0.4, -0.2) is 50.1 Å². The number of nitrogens with zero attached hydrogens (tertiary/aromatic N) is 3. The molecule has 0 saturated carbocycles. The van der Waals surface area contributed by atoms with Crippen LogP contribution in [0.15, 0.2) is 48.5 Å². The van der Waals surface area contributed by atoms with E-state index in [-0.39, 0.29) is 5.91 Å². The summed E-state index contributed by atoms with van der Waals surface area (Å²) in [7, 11) is 5.74. The zero-order valence-electron chi connectivity index (χ0n) is 16.7. The number of hydrogen-bond acceptors (Lipinski definition) is 5. The minimum atomic E-state index is 0.112. The molecule has 5 nitrogen and oxygen atoms in total. The third-order valence-electron chi connectivity index (χ3n) is 4.58. The number of amides is 1. The lowest BCUT2D eigenvalue weighted by molar-refractivity contribution is -0.118. The van der Waals surface area contributed by atoms with Crippen LogP contribution in [-0.2, 0) is 11.2 Å². The molecular weight excluding hydrogens is 370 g/mol. The van der Waals surface area contributed by atoms with Gasteiger partial charge in [-0.25, -0.2) is 4.98 Å². The number of thiazole rings is 1. The summed E-state index contributed by atoms with van der Waals surface area (Å²) >= 11 is 1.54. The Kier molecular flexibility index (Phi) is 7.01. The van der Waals surface area contributed by atoms with Gasteiger partial charge in [0.05, 0.1) is 11.8 Å². The van der Waals surface area contributed by atoms with Crippen molar-refractivity contribution in [3.05, 3.63) is 54.1 Å². The molecule has 0 N–H and O–H groups in total. The van der Waals surface area contributed by atoms with Crippen molar-refractivity contribution in [1.29, 1.82) is 0 Å². The minimum Gasteiger partial charge on any atom is -0.494 e. The van der Waals surface area contributed by atoms with E-state index in [1.807, 2.05) is 55.4 Å². The molecular formula is C22H27N3O2S. The normalized spacial score (nSPS) is 11.1. The van der Waals surface area contributed by atoms with Gasteiger partial charge in [0.1, 0.15) is 11.3 Å². The van der Waals surface area contributed by atoms with E-state index in [2.05, 4.69) is 17.0 Å². The smallest absolute Gasteiger partial charge is 0.229 e. The second kappa shape index (κ2) is 9.66. The molecule has 0 fully saturated rings. The SMILES string of the molecule is COc1cccc2sc(N(CCCN(C)C)C(=O)CCc3ccccc3)nc12. The first-order chi connectivity index (χ1) is 13.6. The van der Waals surface area contributed by atoms with Crippen LogP contribution < -0.4 is 9.64 Å². The zero-order chi connectivity index (χ0) is 19.9. The number of carbonyl (C=O) groups excluding carboxylic acids is 1. The molecule has 2 aromatic carbocycles. The average Bonchev–Trinajstić information content (AvgIpc) is 3.14. The topological polar surface area (TPSA) is 45.7 Å². The van der Waals surface area contributed by atoms with Crippen LogP contribution in [0.2, 0.25) is 0 Å². The number of ether oxygens (including phenoxy) is 1. The lowest BCUT2D eigenvalue weighted by Gasteiger charge is -2.21. The number of benzene rings is 2. The van der Waals surface area contributed by atoms with Crippen LogP contribution in [0.25, 0.3) is 10.2 Å². The molecule has 1 heterocycles. The van der Waals surface area contributed by atoms with Crippen LogP contribution in [0.5, 0.6) is 5.75 Å². The number of hydrogen-bond donors (Lipinski definition) is 0. The molecule has 0 aliphatic heterocycles. The summed E-state index contributed by atoms with van der Waals surface area (Å²) in [5.74, 6) is 0.852. The monoisotopic (exact) mass is 397 g/mol. The summed E-state index contributed by atoms with van der Waals surface area (Å²) in [5.41, 5.74) is 1.99. The van der Waals surface area contributed by atoms with Gasteiger partial charge >= 0.3 is 0 Å². The van der Waals surface area contributed by atoms with Gasteiger partial charge in [-0.2, -0.15) is 0 Å². The molecule has 148 valence electrons. The van der Waals surface area contributed by atoms with E-state index < -0.39 is 0 Å². The van der Waals surface area contributed by atoms with E-state index in [0.717, 1.165) is 40.5 Å².